The molecule has 1 aromatic heterocycles. The van der Waals surface area contributed by atoms with Gasteiger partial charge in [0.2, 0.25) is 0 Å². The van der Waals surface area contributed by atoms with Crippen LogP contribution in [0.15, 0.2) is 85.1 Å². The normalized spacial score (nSPS) is 10.5. The van der Waals surface area contributed by atoms with Gasteiger partial charge in [-0.2, -0.15) is 0 Å². The van der Waals surface area contributed by atoms with Gasteiger partial charge < -0.3 is 10.6 Å². The van der Waals surface area contributed by atoms with Crippen LogP contribution in [0.3, 0.4) is 0 Å². The number of aryl methyl sites for hydroxylation is 1. The van der Waals surface area contributed by atoms with Crippen LogP contribution in [-0.4, -0.2) is 15.9 Å². The van der Waals surface area contributed by atoms with E-state index in [4.69, 9.17) is 0 Å². The summed E-state index contributed by atoms with van der Waals surface area (Å²) in [4.78, 5) is 21.3. The minimum atomic E-state index is -0.311. The maximum atomic E-state index is 13.1. The molecule has 0 saturated carbocycles. The molecule has 30 heavy (non-hydrogen) atoms. The molecule has 0 radical (unpaired) electrons. The third-order valence-corrected chi connectivity index (χ3v) is 4.46. The van der Waals surface area contributed by atoms with Crippen LogP contribution >= 0.6 is 0 Å². The van der Waals surface area contributed by atoms with E-state index in [0.717, 1.165) is 16.9 Å². The maximum absolute atomic E-state index is 13.1. The summed E-state index contributed by atoms with van der Waals surface area (Å²) in [6, 6.07) is 22.5. The average molecular weight is 398 g/mol. The summed E-state index contributed by atoms with van der Waals surface area (Å²) in [5.41, 5.74) is 3.82. The van der Waals surface area contributed by atoms with Gasteiger partial charge in [0.1, 0.15) is 11.6 Å². The number of hydrogen-bond acceptors (Lipinski definition) is 4. The quantitative estimate of drug-likeness (QED) is 0.460. The SMILES string of the molecule is Cc1ccc(NC(=O)c2cccc(Nc3ccnc(-c4ccc(F)cc4)n3)c2)cc1. The summed E-state index contributed by atoms with van der Waals surface area (Å²) in [5.74, 6) is 0.541. The van der Waals surface area contributed by atoms with Crippen LogP contribution in [-0.2, 0) is 0 Å². The Labute approximate surface area is 173 Å². The van der Waals surface area contributed by atoms with Crippen LogP contribution in [0, 0.1) is 12.7 Å². The second-order valence-electron chi connectivity index (χ2n) is 6.80. The van der Waals surface area contributed by atoms with Crippen LogP contribution in [0.4, 0.5) is 21.6 Å². The second-order valence-corrected chi connectivity index (χ2v) is 6.80. The van der Waals surface area contributed by atoms with Crippen molar-refractivity contribution in [1.82, 2.24) is 9.97 Å². The van der Waals surface area contributed by atoms with Crippen LogP contribution in [0.25, 0.3) is 11.4 Å². The molecule has 5 nitrogen and oxygen atoms in total. The summed E-state index contributed by atoms with van der Waals surface area (Å²) in [6.45, 7) is 2.00. The zero-order valence-corrected chi connectivity index (χ0v) is 16.3. The van der Waals surface area contributed by atoms with E-state index in [1.54, 1.807) is 42.6 Å². The molecule has 0 unspecified atom stereocenters. The smallest absolute Gasteiger partial charge is 0.255 e. The van der Waals surface area contributed by atoms with Gasteiger partial charge in [0.05, 0.1) is 0 Å². The number of nitrogens with one attached hydrogen (secondary N) is 2. The van der Waals surface area contributed by atoms with Crippen LogP contribution < -0.4 is 10.6 Å². The van der Waals surface area contributed by atoms with E-state index >= 15 is 0 Å². The highest BCUT2D eigenvalue weighted by molar-refractivity contribution is 6.04. The lowest BCUT2D eigenvalue weighted by molar-refractivity contribution is 0.102. The van der Waals surface area contributed by atoms with E-state index in [-0.39, 0.29) is 11.7 Å². The van der Waals surface area contributed by atoms with Crippen molar-refractivity contribution in [2.24, 2.45) is 0 Å². The van der Waals surface area contributed by atoms with Crippen molar-refractivity contribution in [3.05, 3.63) is 102 Å². The van der Waals surface area contributed by atoms with Crippen molar-refractivity contribution >= 4 is 23.1 Å². The molecule has 148 valence electrons. The number of benzene rings is 3. The molecule has 6 heteroatoms. The standard InChI is InChI=1S/C24H19FN4O/c1-16-5-11-20(12-6-16)28-24(30)18-3-2-4-21(15-18)27-22-13-14-26-23(29-22)17-7-9-19(25)10-8-17/h2-15H,1H3,(H,28,30)(H,26,27,29). The average Bonchev–Trinajstić information content (AvgIpc) is 2.76. The van der Waals surface area contributed by atoms with Gasteiger partial charge in [-0.3, -0.25) is 4.79 Å². The van der Waals surface area contributed by atoms with E-state index in [9.17, 15) is 9.18 Å². The highest BCUT2D eigenvalue weighted by atomic mass is 19.1. The Morgan fingerprint density at radius 2 is 1.67 bits per heavy atom. The molecular formula is C24H19FN4O. The van der Waals surface area contributed by atoms with Crippen molar-refractivity contribution in [1.29, 1.82) is 0 Å². The Morgan fingerprint density at radius 1 is 0.900 bits per heavy atom. The van der Waals surface area contributed by atoms with Crippen LogP contribution in [0.1, 0.15) is 15.9 Å². The largest absolute Gasteiger partial charge is 0.340 e. The van der Waals surface area contributed by atoms with E-state index in [1.165, 1.54) is 12.1 Å². The van der Waals surface area contributed by atoms with Gasteiger partial charge in [0.25, 0.3) is 5.91 Å². The minimum absolute atomic E-state index is 0.197. The van der Waals surface area contributed by atoms with E-state index in [1.807, 2.05) is 37.3 Å². The van der Waals surface area contributed by atoms with Crippen molar-refractivity contribution < 1.29 is 9.18 Å². The fourth-order valence-corrected chi connectivity index (χ4v) is 2.89. The lowest BCUT2D eigenvalue weighted by atomic mass is 10.1. The number of aromatic nitrogens is 2. The van der Waals surface area contributed by atoms with E-state index in [0.29, 0.717) is 22.8 Å². The lowest BCUT2D eigenvalue weighted by Gasteiger charge is -2.10. The zero-order chi connectivity index (χ0) is 20.9. The predicted octanol–water partition coefficient (Wildman–Crippen LogP) is 5.59. The molecule has 0 bridgehead atoms. The van der Waals surface area contributed by atoms with Gasteiger partial charge in [-0.25, -0.2) is 14.4 Å². The Balaban J connectivity index is 1.50. The highest BCUT2D eigenvalue weighted by Gasteiger charge is 2.08. The number of carbonyl (C=O) groups excluding carboxylic acids is 1. The summed E-state index contributed by atoms with van der Waals surface area (Å²) < 4.78 is 13.1. The number of hydrogen-bond donors (Lipinski definition) is 2. The first-order valence-electron chi connectivity index (χ1n) is 9.41. The first-order chi connectivity index (χ1) is 14.6. The molecule has 4 rings (SSSR count). The third kappa shape index (κ3) is 4.67. The Bertz CT molecular complexity index is 1170. The Morgan fingerprint density at radius 3 is 2.43 bits per heavy atom. The molecule has 0 spiro atoms. The number of nitrogens with zero attached hydrogens (tertiary/aromatic N) is 2. The van der Waals surface area contributed by atoms with Crippen LogP contribution in [0.2, 0.25) is 0 Å². The Kier molecular flexibility index (Phi) is 5.48. The summed E-state index contributed by atoms with van der Waals surface area (Å²) >= 11 is 0. The molecule has 0 saturated heterocycles. The molecule has 2 N–H and O–H groups in total. The lowest BCUT2D eigenvalue weighted by Crippen LogP contribution is -2.12. The molecule has 4 aromatic rings. The van der Waals surface area contributed by atoms with E-state index in [2.05, 4.69) is 20.6 Å². The monoisotopic (exact) mass is 398 g/mol. The van der Waals surface area contributed by atoms with E-state index < -0.39 is 0 Å². The van der Waals surface area contributed by atoms with Gasteiger partial charge in [0, 0.05) is 28.7 Å². The predicted molar refractivity (Wildman–Crippen MR) is 116 cm³/mol. The van der Waals surface area contributed by atoms with Gasteiger partial charge in [-0.15, -0.1) is 0 Å². The summed E-state index contributed by atoms with van der Waals surface area (Å²) in [5, 5.41) is 6.08. The molecule has 1 heterocycles. The van der Waals surface area contributed by atoms with Gasteiger partial charge >= 0.3 is 0 Å². The maximum Gasteiger partial charge on any atom is 0.255 e. The number of rotatable bonds is 5. The first-order valence-corrected chi connectivity index (χ1v) is 9.41. The second kappa shape index (κ2) is 8.53. The topological polar surface area (TPSA) is 66.9 Å². The van der Waals surface area contributed by atoms with Gasteiger partial charge in [-0.05, 0) is 67.6 Å². The minimum Gasteiger partial charge on any atom is -0.340 e. The zero-order valence-electron chi connectivity index (χ0n) is 16.3. The molecule has 0 fully saturated rings. The molecule has 0 aliphatic rings. The van der Waals surface area contributed by atoms with Gasteiger partial charge in [0.15, 0.2) is 5.82 Å². The van der Waals surface area contributed by atoms with Crippen molar-refractivity contribution in [3.63, 3.8) is 0 Å². The first kappa shape index (κ1) is 19.3. The number of anilines is 3. The Hall–Kier alpha value is -4.06. The van der Waals surface area contributed by atoms with Crippen LogP contribution in [0.5, 0.6) is 0 Å². The molecule has 3 aromatic carbocycles. The van der Waals surface area contributed by atoms with Crippen molar-refractivity contribution in [2.75, 3.05) is 10.6 Å². The summed E-state index contributed by atoms with van der Waals surface area (Å²) in [7, 11) is 0. The molecule has 0 aliphatic carbocycles. The van der Waals surface area contributed by atoms with Crippen molar-refractivity contribution in [3.8, 4) is 11.4 Å². The fraction of sp³-hybridized carbons (Fsp3) is 0.0417. The number of halogens is 1. The molecule has 0 atom stereocenters. The third-order valence-electron chi connectivity index (χ3n) is 4.46. The molecule has 1 amide bonds. The fourth-order valence-electron chi connectivity index (χ4n) is 2.89. The number of amides is 1. The van der Waals surface area contributed by atoms with Gasteiger partial charge in [-0.1, -0.05) is 23.8 Å². The highest BCUT2D eigenvalue weighted by Crippen LogP contribution is 2.21. The summed E-state index contributed by atoms with van der Waals surface area (Å²) in [6.07, 6.45) is 1.63. The number of carbonyl (C=O) groups is 1. The molecule has 0 aliphatic heterocycles. The molecular weight excluding hydrogens is 379 g/mol. The van der Waals surface area contributed by atoms with Crippen molar-refractivity contribution in [2.45, 2.75) is 6.92 Å².